The van der Waals surface area contributed by atoms with Crippen molar-refractivity contribution in [2.24, 2.45) is 5.92 Å². The number of thiophene rings is 1. The summed E-state index contributed by atoms with van der Waals surface area (Å²) >= 11 is 3.33. The topological polar surface area (TPSA) is 59.8 Å². The summed E-state index contributed by atoms with van der Waals surface area (Å²) in [6, 6.07) is 10.3. The van der Waals surface area contributed by atoms with E-state index in [1.807, 2.05) is 32.2 Å². The van der Waals surface area contributed by atoms with Crippen molar-refractivity contribution < 1.29 is 4.79 Å². The quantitative estimate of drug-likeness (QED) is 0.231. The zero-order chi connectivity index (χ0) is 24.8. The molecule has 184 valence electrons. The number of aryl methyl sites for hydroxylation is 1. The van der Waals surface area contributed by atoms with Gasteiger partial charge in [0, 0.05) is 40.0 Å². The first kappa shape index (κ1) is 25.3. The zero-order valence-electron chi connectivity index (χ0n) is 21.0. The second kappa shape index (κ2) is 11.8. The molecule has 35 heavy (non-hydrogen) atoms. The third-order valence-corrected chi connectivity index (χ3v) is 8.28. The number of hydrogen-bond donors (Lipinski definition) is 1. The van der Waals surface area contributed by atoms with Gasteiger partial charge in [-0.25, -0.2) is 4.98 Å². The highest BCUT2D eigenvalue weighted by atomic mass is 32.1. The van der Waals surface area contributed by atoms with Crippen molar-refractivity contribution in [1.29, 1.82) is 0 Å². The average Bonchev–Trinajstić information content (AvgIpc) is 3.62. The molecule has 0 fully saturated rings. The SMILES string of the molecule is CCCCC(CC)CNC(=O)c1cc(-c2csc(-c3ccc(C)nc3)n2)n(Cc2cccs2)c1C. The zero-order valence-corrected chi connectivity index (χ0v) is 22.6. The minimum absolute atomic E-state index is 0.00168. The molecule has 5 nitrogen and oxygen atoms in total. The predicted molar refractivity (Wildman–Crippen MR) is 147 cm³/mol. The van der Waals surface area contributed by atoms with E-state index < -0.39 is 0 Å². The van der Waals surface area contributed by atoms with Gasteiger partial charge in [0.25, 0.3) is 5.91 Å². The maximum atomic E-state index is 13.3. The molecule has 4 heterocycles. The fourth-order valence-corrected chi connectivity index (χ4v) is 5.74. The number of thiazole rings is 1. The van der Waals surface area contributed by atoms with Gasteiger partial charge in [0.2, 0.25) is 0 Å². The summed E-state index contributed by atoms with van der Waals surface area (Å²) in [6.07, 6.45) is 6.51. The average molecular weight is 507 g/mol. The van der Waals surface area contributed by atoms with Crippen LogP contribution in [0.15, 0.2) is 47.3 Å². The molecule has 1 unspecified atom stereocenters. The minimum atomic E-state index is 0.00168. The summed E-state index contributed by atoms with van der Waals surface area (Å²) in [4.78, 5) is 23.9. The molecule has 0 saturated heterocycles. The van der Waals surface area contributed by atoms with Gasteiger partial charge in [-0.2, -0.15) is 0 Å². The highest BCUT2D eigenvalue weighted by molar-refractivity contribution is 7.13. The number of carbonyl (C=O) groups is 1. The standard InChI is InChI=1S/C28H34N4OS2/c1-5-7-9-21(6-2)15-30-27(33)24-14-26(32(20(24)4)17-23-10-8-13-34-23)25-18-35-28(31-25)22-12-11-19(3)29-16-22/h8,10-14,16,18,21H,5-7,9,15,17H2,1-4H3,(H,30,33). The van der Waals surface area contributed by atoms with E-state index in [2.05, 4.69) is 57.7 Å². The normalized spacial score (nSPS) is 12.1. The molecule has 0 aliphatic heterocycles. The van der Waals surface area contributed by atoms with Crippen molar-refractivity contribution in [3.8, 4) is 22.0 Å². The van der Waals surface area contributed by atoms with Crippen molar-refractivity contribution in [1.82, 2.24) is 19.9 Å². The molecule has 0 saturated carbocycles. The molecule has 7 heteroatoms. The lowest BCUT2D eigenvalue weighted by molar-refractivity contribution is 0.0945. The van der Waals surface area contributed by atoms with E-state index >= 15 is 0 Å². The van der Waals surface area contributed by atoms with Crippen LogP contribution in [-0.2, 0) is 6.54 Å². The van der Waals surface area contributed by atoms with E-state index in [1.165, 1.54) is 17.7 Å². The second-order valence-electron chi connectivity index (χ2n) is 9.05. The summed E-state index contributed by atoms with van der Waals surface area (Å²) in [5.41, 5.74) is 5.56. The van der Waals surface area contributed by atoms with Gasteiger partial charge in [-0.15, -0.1) is 22.7 Å². The van der Waals surface area contributed by atoms with Crippen LogP contribution in [0.5, 0.6) is 0 Å². The molecule has 0 aliphatic rings. The van der Waals surface area contributed by atoms with Gasteiger partial charge in [0.05, 0.1) is 23.5 Å². The fraction of sp³-hybridized carbons (Fsp3) is 0.393. The summed E-state index contributed by atoms with van der Waals surface area (Å²) < 4.78 is 2.22. The van der Waals surface area contributed by atoms with Gasteiger partial charge in [0.15, 0.2) is 0 Å². The Morgan fingerprint density at radius 2 is 2.03 bits per heavy atom. The second-order valence-corrected chi connectivity index (χ2v) is 10.9. The van der Waals surface area contributed by atoms with Crippen molar-refractivity contribution in [2.75, 3.05) is 6.54 Å². The highest BCUT2D eigenvalue weighted by Crippen LogP contribution is 2.32. The first-order chi connectivity index (χ1) is 17.0. The number of pyridine rings is 1. The molecule has 4 rings (SSSR count). The van der Waals surface area contributed by atoms with E-state index in [0.29, 0.717) is 5.92 Å². The molecular weight excluding hydrogens is 472 g/mol. The first-order valence-corrected chi connectivity index (χ1v) is 14.2. The monoisotopic (exact) mass is 506 g/mol. The Kier molecular flexibility index (Phi) is 8.52. The number of unbranched alkanes of at least 4 members (excludes halogenated alkanes) is 1. The van der Waals surface area contributed by atoms with Gasteiger partial charge in [-0.1, -0.05) is 39.2 Å². The molecule has 1 atom stereocenters. The molecule has 0 aliphatic carbocycles. The largest absolute Gasteiger partial charge is 0.352 e. The third-order valence-electron chi connectivity index (χ3n) is 6.52. The van der Waals surface area contributed by atoms with Crippen LogP contribution in [0.25, 0.3) is 22.0 Å². The van der Waals surface area contributed by atoms with Gasteiger partial charge in [0.1, 0.15) is 5.01 Å². The molecular formula is C28H34N4OS2. The van der Waals surface area contributed by atoms with Crippen LogP contribution < -0.4 is 5.32 Å². The summed E-state index contributed by atoms with van der Waals surface area (Å²) in [5, 5.41) is 8.31. The van der Waals surface area contributed by atoms with Crippen LogP contribution in [0.2, 0.25) is 0 Å². The van der Waals surface area contributed by atoms with Gasteiger partial charge < -0.3 is 9.88 Å². The lowest BCUT2D eigenvalue weighted by atomic mass is 9.99. The van der Waals surface area contributed by atoms with E-state index in [0.717, 1.165) is 64.8 Å². The molecule has 4 aromatic rings. The van der Waals surface area contributed by atoms with Crippen molar-refractivity contribution in [3.05, 3.63) is 69.1 Å². The van der Waals surface area contributed by atoms with Gasteiger partial charge in [-0.3, -0.25) is 9.78 Å². The first-order valence-electron chi connectivity index (χ1n) is 12.4. The lowest BCUT2D eigenvalue weighted by Crippen LogP contribution is -2.29. The van der Waals surface area contributed by atoms with Gasteiger partial charge in [-0.05, 0) is 55.8 Å². The Labute approximate surface area is 216 Å². The van der Waals surface area contributed by atoms with Crippen LogP contribution in [0, 0.1) is 19.8 Å². The van der Waals surface area contributed by atoms with Crippen molar-refractivity contribution >= 4 is 28.6 Å². The molecule has 1 amide bonds. The fourth-order valence-electron chi connectivity index (χ4n) is 4.24. The van der Waals surface area contributed by atoms with Crippen LogP contribution in [0.1, 0.15) is 66.2 Å². The third kappa shape index (κ3) is 6.08. The Hall–Kier alpha value is -2.77. The molecule has 0 spiro atoms. The van der Waals surface area contributed by atoms with Crippen LogP contribution >= 0.6 is 22.7 Å². The number of hydrogen-bond acceptors (Lipinski definition) is 5. The summed E-state index contributed by atoms with van der Waals surface area (Å²) in [6.45, 7) is 9.89. The number of nitrogens with one attached hydrogen (secondary N) is 1. The number of rotatable bonds is 11. The Morgan fingerprint density at radius 1 is 1.17 bits per heavy atom. The maximum absolute atomic E-state index is 13.3. The Balaban J connectivity index is 1.63. The molecule has 0 bridgehead atoms. The van der Waals surface area contributed by atoms with Gasteiger partial charge >= 0.3 is 0 Å². The highest BCUT2D eigenvalue weighted by Gasteiger charge is 2.21. The maximum Gasteiger partial charge on any atom is 0.253 e. The molecule has 4 aromatic heterocycles. The number of aromatic nitrogens is 3. The Morgan fingerprint density at radius 3 is 2.71 bits per heavy atom. The van der Waals surface area contributed by atoms with Crippen molar-refractivity contribution in [2.45, 2.75) is 59.9 Å². The van der Waals surface area contributed by atoms with E-state index in [9.17, 15) is 4.79 Å². The molecule has 1 N–H and O–H groups in total. The van der Waals surface area contributed by atoms with Crippen LogP contribution in [0.4, 0.5) is 0 Å². The van der Waals surface area contributed by atoms with Crippen LogP contribution in [-0.4, -0.2) is 27.0 Å². The summed E-state index contributed by atoms with van der Waals surface area (Å²) in [5.74, 6) is 0.526. The van der Waals surface area contributed by atoms with Crippen molar-refractivity contribution in [3.63, 3.8) is 0 Å². The molecule has 0 aromatic carbocycles. The predicted octanol–water partition coefficient (Wildman–Crippen LogP) is 7.35. The number of nitrogens with zero attached hydrogens (tertiary/aromatic N) is 3. The smallest absolute Gasteiger partial charge is 0.253 e. The van der Waals surface area contributed by atoms with E-state index in [1.54, 1.807) is 22.7 Å². The summed E-state index contributed by atoms with van der Waals surface area (Å²) in [7, 11) is 0. The minimum Gasteiger partial charge on any atom is -0.352 e. The number of amides is 1. The molecule has 0 radical (unpaired) electrons. The van der Waals surface area contributed by atoms with E-state index in [-0.39, 0.29) is 5.91 Å². The van der Waals surface area contributed by atoms with E-state index in [4.69, 9.17) is 4.98 Å². The lowest BCUT2D eigenvalue weighted by Gasteiger charge is -2.15. The Bertz CT molecular complexity index is 1240. The number of carbonyl (C=O) groups excluding carboxylic acids is 1. The van der Waals surface area contributed by atoms with Crippen LogP contribution in [0.3, 0.4) is 0 Å².